The Morgan fingerprint density at radius 1 is 1.41 bits per heavy atom. The van der Waals surface area contributed by atoms with Gasteiger partial charge in [0, 0.05) is 29.5 Å². The number of hydrogen-bond donors (Lipinski definition) is 2. The second-order valence-corrected chi connectivity index (χ2v) is 6.13. The average Bonchev–Trinajstić information content (AvgIpc) is 2.35. The number of fused-ring (bicyclic) bond motifs is 1. The van der Waals surface area contributed by atoms with Gasteiger partial charge >= 0.3 is 0 Å². The summed E-state index contributed by atoms with van der Waals surface area (Å²) < 4.78 is 0. The highest BCUT2D eigenvalue weighted by Gasteiger charge is 2.15. The van der Waals surface area contributed by atoms with Crippen LogP contribution in [0.25, 0.3) is 0 Å². The van der Waals surface area contributed by atoms with Gasteiger partial charge in [0.1, 0.15) is 0 Å². The standard InChI is InChI=1S/C14H21NOS/c1-10(2)12(9-16)7-11-3-4-13-14(8-11)17-6-5-15-13/h3-4,8,10,12,15-16H,5-7,9H2,1-2H3. The van der Waals surface area contributed by atoms with Crippen LogP contribution in [0.2, 0.25) is 0 Å². The van der Waals surface area contributed by atoms with Crippen molar-refractivity contribution in [1.29, 1.82) is 0 Å². The Morgan fingerprint density at radius 2 is 2.24 bits per heavy atom. The monoisotopic (exact) mass is 251 g/mol. The van der Waals surface area contributed by atoms with Gasteiger partial charge in [-0.05, 0) is 36.0 Å². The smallest absolute Gasteiger partial charge is 0.0478 e. The van der Waals surface area contributed by atoms with Gasteiger partial charge < -0.3 is 10.4 Å². The van der Waals surface area contributed by atoms with E-state index >= 15 is 0 Å². The predicted octanol–water partition coefficient (Wildman–Crippen LogP) is 3.01. The largest absolute Gasteiger partial charge is 0.396 e. The van der Waals surface area contributed by atoms with Crippen molar-refractivity contribution >= 4 is 17.4 Å². The molecule has 0 aromatic heterocycles. The van der Waals surface area contributed by atoms with Gasteiger partial charge in [0.25, 0.3) is 0 Å². The first-order valence-electron chi connectivity index (χ1n) is 6.31. The fraction of sp³-hybridized carbons (Fsp3) is 0.571. The molecule has 2 rings (SSSR count). The summed E-state index contributed by atoms with van der Waals surface area (Å²) in [6.45, 7) is 5.69. The SMILES string of the molecule is CC(C)C(CO)Cc1ccc2c(c1)SCCN2. The highest BCUT2D eigenvalue weighted by Crippen LogP contribution is 2.32. The van der Waals surface area contributed by atoms with Gasteiger partial charge in [0.2, 0.25) is 0 Å². The fourth-order valence-electron chi connectivity index (χ4n) is 2.12. The predicted molar refractivity (Wildman–Crippen MR) is 74.8 cm³/mol. The van der Waals surface area contributed by atoms with Crippen LogP contribution >= 0.6 is 11.8 Å². The van der Waals surface area contributed by atoms with E-state index in [1.165, 1.54) is 16.1 Å². The van der Waals surface area contributed by atoms with E-state index in [1.54, 1.807) is 0 Å². The van der Waals surface area contributed by atoms with Crippen molar-refractivity contribution in [3.63, 3.8) is 0 Å². The van der Waals surface area contributed by atoms with Crippen LogP contribution < -0.4 is 5.32 Å². The van der Waals surface area contributed by atoms with Crippen molar-refractivity contribution in [3.8, 4) is 0 Å². The lowest BCUT2D eigenvalue weighted by Crippen LogP contribution is -2.16. The molecule has 1 heterocycles. The number of rotatable bonds is 4. The molecule has 1 atom stereocenters. The van der Waals surface area contributed by atoms with Crippen LogP contribution in [-0.4, -0.2) is 24.0 Å². The number of aliphatic hydroxyl groups excluding tert-OH is 1. The Kier molecular flexibility index (Phi) is 4.35. The Balaban J connectivity index is 2.11. The van der Waals surface area contributed by atoms with Crippen LogP contribution in [0.15, 0.2) is 23.1 Å². The molecule has 1 aromatic carbocycles. The Hall–Kier alpha value is -0.670. The minimum Gasteiger partial charge on any atom is -0.396 e. The molecule has 3 heteroatoms. The third kappa shape index (κ3) is 3.17. The maximum Gasteiger partial charge on any atom is 0.0478 e. The Labute approximate surface area is 108 Å². The average molecular weight is 251 g/mol. The van der Waals surface area contributed by atoms with Gasteiger partial charge in [-0.1, -0.05) is 19.9 Å². The number of nitrogens with one attached hydrogen (secondary N) is 1. The number of benzene rings is 1. The molecular formula is C14H21NOS. The van der Waals surface area contributed by atoms with Crippen LogP contribution in [0.3, 0.4) is 0 Å². The first kappa shape index (κ1) is 12.8. The molecule has 17 heavy (non-hydrogen) atoms. The molecule has 1 unspecified atom stereocenters. The normalized spacial score (nSPS) is 16.5. The fourth-order valence-corrected chi connectivity index (χ4v) is 3.07. The summed E-state index contributed by atoms with van der Waals surface area (Å²) in [4.78, 5) is 1.36. The van der Waals surface area contributed by atoms with E-state index in [0.717, 1.165) is 18.7 Å². The Morgan fingerprint density at radius 3 is 2.94 bits per heavy atom. The molecule has 0 saturated carbocycles. The molecule has 0 aliphatic carbocycles. The topological polar surface area (TPSA) is 32.3 Å². The van der Waals surface area contributed by atoms with Gasteiger partial charge in [0.15, 0.2) is 0 Å². The number of thioether (sulfide) groups is 1. The van der Waals surface area contributed by atoms with Crippen molar-refractivity contribution in [2.24, 2.45) is 11.8 Å². The first-order chi connectivity index (χ1) is 8.20. The van der Waals surface area contributed by atoms with Crippen LogP contribution in [-0.2, 0) is 6.42 Å². The molecule has 2 N–H and O–H groups in total. The quantitative estimate of drug-likeness (QED) is 0.863. The summed E-state index contributed by atoms with van der Waals surface area (Å²) in [6, 6.07) is 6.63. The molecule has 1 aromatic rings. The lowest BCUT2D eigenvalue weighted by Gasteiger charge is -2.21. The molecule has 0 bridgehead atoms. The second kappa shape index (κ2) is 5.78. The number of anilines is 1. The zero-order valence-electron chi connectivity index (χ0n) is 10.6. The third-order valence-electron chi connectivity index (χ3n) is 3.40. The summed E-state index contributed by atoms with van der Waals surface area (Å²) in [5.74, 6) is 2.04. The third-order valence-corrected chi connectivity index (χ3v) is 4.45. The molecule has 0 radical (unpaired) electrons. The van der Waals surface area contributed by atoms with E-state index in [-0.39, 0.29) is 6.61 Å². The molecule has 1 aliphatic rings. The van der Waals surface area contributed by atoms with Crippen molar-refractivity contribution < 1.29 is 5.11 Å². The maximum atomic E-state index is 9.38. The maximum absolute atomic E-state index is 9.38. The van der Waals surface area contributed by atoms with E-state index in [0.29, 0.717) is 11.8 Å². The van der Waals surface area contributed by atoms with Crippen molar-refractivity contribution in [2.45, 2.75) is 25.2 Å². The van der Waals surface area contributed by atoms with E-state index in [1.807, 2.05) is 11.8 Å². The van der Waals surface area contributed by atoms with Crippen LogP contribution in [0.1, 0.15) is 19.4 Å². The molecule has 2 nitrogen and oxygen atoms in total. The summed E-state index contributed by atoms with van der Waals surface area (Å²) in [6.07, 6.45) is 0.974. The van der Waals surface area contributed by atoms with E-state index in [4.69, 9.17) is 0 Å². The second-order valence-electron chi connectivity index (χ2n) is 5.00. The zero-order valence-corrected chi connectivity index (χ0v) is 11.4. The van der Waals surface area contributed by atoms with Crippen molar-refractivity contribution in [1.82, 2.24) is 0 Å². The molecule has 0 spiro atoms. The van der Waals surface area contributed by atoms with Gasteiger partial charge in [-0.3, -0.25) is 0 Å². The lowest BCUT2D eigenvalue weighted by atomic mass is 9.90. The van der Waals surface area contributed by atoms with Crippen LogP contribution in [0.4, 0.5) is 5.69 Å². The molecule has 0 fully saturated rings. The van der Waals surface area contributed by atoms with Gasteiger partial charge in [-0.25, -0.2) is 0 Å². The summed E-state index contributed by atoms with van der Waals surface area (Å²) in [5, 5.41) is 12.8. The van der Waals surface area contributed by atoms with Gasteiger partial charge in [-0.15, -0.1) is 11.8 Å². The Bertz CT molecular complexity index is 378. The number of aliphatic hydroxyl groups is 1. The lowest BCUT2D eigenvalue weighted by molar-refractivity contribution is 0.189. The molecule has 0 amide bonds. The van der Waals surface area contributed by atoms with E-state index < -0.39 is 0 Å². The summed E-state index contributed by atoms with van der Waals surface area (Å²) in [7, 11) is 0. The summed E-state index contributed by atoms with van der Waals surface area (Å²) >= 11 is 1.92. The summed E-state index contributed by atoms with van der Waals surface area (Å²) in [5.41, 5.74) is 2.60. The van der Waals surface area contributed by atoms with Gasteiger partial charge in [-0.2, -0.15) is 0 Å². The van der Waals surface area contributed by atoms with Crippen LogP contribution in [0, 0.1) is 11.8 Å². The highest BCUT2D eigenvalue weighted by atomic mass is 32.2. The minimum atomic E-state index is 0.278. The van der Waals surface area contributed by atoms with Crippen molar-refractivity contribution in [2.75, 3.05) is 24.2 Å². The van der Waals surface area contributed by atoms with Gasteiger partial charge in [0.05, 0.1) is 0 Å². The highest BCUT2D eigenvalue weighted by molar-refractivity contribution is 7.99. The zero-order chi connectivity index (χ0) is 12.3. The minimum absolute atomic E-state index is 0.278. The first-order valence-corrected chi connectivity index (χ1v) is 7.29. The van der Waals surface area contributed by atoms with Crippen LogP contribution in [0.5, 0.6) is 0 Å². The molecule has 94 valence electrons. The number of hydrogen-bond acceptors (Lipinski definition) is 3. The molecule has 1 aliphatic heterocycles. The van der Waals surface area contributed by atoms with Crippen molar-refractivity contribution in [3.05, 3.63) is 23.8 Å². The molecule has 0 saturated heterocycles. The van der Waals surface area contributed by atoms with E-state index in [2.05, 4.69) is 37.4 Å². The van der Waals surface area contributed by atoms with E-state index in [9.17, 15) is 5.11 Å². The molecular weight excluding hydrogens is 230 g/mol.